The summed E-state index contributed by atoms with van der Waals surface area (Å²) in [4.78, 5) is 12.8. The molecule has 1 aliphatic heterocycles. The SMILES string of the molecule is CC(Oc1ccc(S(C)(=O)=O)cc1)C(=O)Nc1cccc(S(=O)(=O)N2CCCCC2)c1. The Bertz CT molecular complexity index is 1140. The number of ether oxygens (including phenoxy) is 1. The van der Waals surface area contributed by atoms with Crippen molar-refractivity contribution in [2.24, 2.45) is 0 Å². The van der Waals surface area contributed by atoms with Crippen molar-refractivity contribution in [1.82, 2.24) is 4.31 Å². The molecule has 0 saturated carbocycles. The lowest BCUT2D eigenvalue weighted by Gasteiger charge is -2.26. The minimum absolute atomic E-state index is 0.136. The number of rotatable bonds is 7. The van der Waals surface area contributed by atoms with Gasteiger partial charge in [0.25, 0.3) is 5.91 Å². The molecule has 1 atom stereocenters. The fraction of sp³-hybridized carbons (Fsp3) is 0.381. The van der Waals surface area contributed by atoms with E-state index in [9.17, 15) is 21.6 Å². The van der Waals surface area contributed by atoms with Crippen LogP contribution in [0.2, 0.25) is 0 Å². The highest BCUT2D eigenvalue weighted by Gasteiger charge is 2.26. The van der Waals surface area contributed by atoms with Gasteiger partial charge < -0.3 is 10.1 Å². The Kier molecular flexibility index (Phi) is 7.03. The zero-order chi connectivity index (χ0) is 22.6. The predicted octanol–water partition coefficient (Wildman–Crippen LogP) is 2.67. The molecule has 1 amide bonds. The van der Waals surface area contributed by atoms with Gasteiger partial charge in [0.2, 0.25) is 10.0 Å². The van der Waals surface area contributed by atoms with Gasteiger partial charge in [0.15, 0.2) is 15.9 Å². The van der Waals surface area contributed by atoms with Gasteiger partial charge in [-0.25, -0.2) is 16.8 Å². The van der Waals surface area contributed by atoms with Gasteiger partial charge in [-0.05, 0) is 62.2 Å². The second kappa shape index (κ2) is 9.37. The number of piperidine rings is 1. The van der Waals surface area contributed by atoms with Crippen LogP contribution in [0.3, 0.4) is 0 Å². The van der Waals surface area contributed by atoms with E-state index >= 15 is 0 Å². The first-order valence-corrected chi connectivity index (χ1v) is 13.3. The van der Waals surface area contributed by atoms with E-state index in [1.165, 1.54) is 40.7 Å². The number of hydrogen-bond acceptors (Lipinski definition) is 6. The zero-order valence-electron chi connectivity index (χ0n) is 17.4. The molecule has 0 bridgehead atoms. The predicted molar refractivity (Wildman–Crippen MR) is 117 cm³/mol. The van der Waals surface area contributed by atoms with Gasteiger partial charge in [-0.1, -0.05) is 12.5 Å². The van der Waals surface area contributed by atoms with Crippen LogP contribution in [0.4, 0.5) is 5.69 Å². The van der Waals surface area contributed by atoms with Crippen molar-refractivity contribution in [3.63, 3.8) is 0 Å². The number of amides is 1. The molecule has 0 aromatic heterocycles. The van der Waals surface area contributed by atoms with E-state index in [0.29, 0.717) is 24.5 Å². The van der Waals surface area contributed by atoms with Gasteiger partial charge in [-0.15, -0.1) is 0 Å². The molecule has 168 valence electrons. The van der Waals surface area contributed by atoms with Crippen molar-refractivity contribution in [3.05, 3.63) is 48.5 Å². The number of carbonyl (C=O) groups excluding carboxylic acids is 1. The second-order valence-electron chi connectivity index (χ2n) is 7.49. The van der Waals surface area contributed by atoms with Crippen LogP contribution in [0.5, 0.6) is 5.75 Å². The first kappa shape index (κ1) is 23.2. The molecule has 2 aromatic carbocycles. The summed E-state index contributed by atoms with van der Waals surface area (Å²) in [6.07, 6.45) is 2.94. The third-order valence-electron chi connectivity index (χ3n) is 4.99. The molecule has 2 aromatic rings. The van der Waals surface area contributed by atoms with Crippen LogP contribution in [-0.4, -0.2) is 52.5 Å². The van der Waals surface area contributed by atoms with E-state index < -0.39 is 31.9 Å². The summed E-state index contributed by atoms with van der Waals surface area (Å²) in [5, 5.41) is 2.67. The van der Waals surface area contributed by atoms with E-state index in [4.69, 9.17) is 4.74 Å². The van der Waals surface area contributed by atoms with Crippen molar-refractivity contribution < 1.29 is 26.4 Å². The molecule has 1 aliphatic rings. The molecule has 1 saturated heterocycles. The van der Waals surface area contributed by atoms with E-state index in [1.54, 1.807) is 19.1 Å². The molecule has 3 rings (SSSR count). The Morgan fingerprint density at radius 3 is 2.23 bits per heavy atom. The minimum atomic E-state index is -3.60. The van der Waals surface area contributed by atoms with Crippen LogP contribution in [0, 0.1) is 0 Å². The summed E-state index contributed by atoms with van der Waals surface area (Å²) in [6.45, 7) is 2.55. The van der Waals surface area contributed by atoms with Crippen LogP contribution in [0.1, 0.15) is 26.2 Å². The fourth-order valence-electron chi connectivity index (χ4n) is 3.26. The van der Waals surface area contributed by atoms with Crippen LogP contribution < -0.4 is 10.1 Å². The van der Waals surface area contributed by atoms with Gasteiger partial charge in [-0.2, -0.15) is 4.31 Å². The summed E-state index contributed by atoms with van der Waals surface area (Å²) in [6, 6.07) is 11.9. The van der Waals surface area contributed by atoms with E-state index in [0.717, 1.165) is 25.5 Å². The van der Waals surface area contributed by atoms with Gasteiger partial charge in [0.05, 0.1) is 9.79 Å². The monoisotopic (exact) mass is 466 g/mol. The highest BCUT2D eigenvalue weighted by Crippen LogP contribution is 2.23. The van der Waals surface area contributed by atoms with Crippen molar-refractivity contribution in [2.45, 2.75) is 42.1 Å². The Labute approximate surface area is 183 Å². The number of hydrogen-bond donors (Lipinski definition) is 1. The summed E-state index contributed by atoms with van der Waals surface area (Å²) < 4.78 is 55.8. The number of anilines is 1. The number of nitrogens with zero attached hydrogens (tertiary/aromatic N) is 1. The van der Waals surface area contributed by atoms with E-state index in [1.807, 2.05) is 0 Å². The molecule has 0 spiro atoms. The Balaban J connectivity index is 1.67. The lowest BCUT2D eigenvalue weighted by Crippen LogP contribution is -2.35. The maximum atomic E-state index is 12.8. The van der Waals surface area contributed by atoms with Crippen LogP contribution in [0.25, 0.3) is 0 Å². The first-order chi connectivity index (χ1) is 14.6. The lowest BCUT2D eigenvalue weighted by molar-refractivity contribution is -0.122. The number of sulfonamides is 1. The molecular formula is C21H26N2O6S2. The third kappa shape index (κ3) is 5.84. The number of benzene rings is 2. The van der Waals surface area contributed by atoms with Crippen molar-refractivity contribution >= 4 is 31.5 Å². The van der Waals surface area contributed by atoms with Gasteiger partial charge in [0, 0.05) is 25.0 Å². The Morgan fingerprint density at radius 2 is 1.61 bits per heavy atom. The zero-order valence-corrected chi connectivity index (χ0v) is 19.1. The normalized spacial score (nSPS) is 16.5. The summed E-state index contributed by atoms with van der Waals surface area (Å²) in [5.41, 5.74) is 0.353. The second-order valence-corrected chi connectivity index (χ2v) is 11.4. The quantitative estimate of drug-likeness (QED) is 0.672. The van der Waals surface area contributed by atoms with E-state index in [-0.39, 0.29) is 9.79 Å². The Morgan fingerprint density at radius 1 is 0.968 bits per heavy atom. The molecule has 1 N–H and O–H groups in total. The van der Waals surface area contributed by atoms with Crippen molar-refractivity contribution in [3.8, 4) is 5.75 Å². The summed E-state index contributed by atoms with van der Waals surface area (Å²) in [7, 11) is -6.92. The molecule has 0 aliphatic carbocycles. The smallest absolute Gasteiger partial charge is 0.265 e. The molecule has 1 fully saturated rings. The van der Waals surface area contributed by atoms with Crippen LogP contribution >= 0.6 is 0 Å². The van der Waals surface area contributed by atoms with Gasteiger partial charge >= 0.3 is 0 Å². The number of carbonyl (C=O) groups is 1. The Hall–Kier alpha value is -2.43. The van der Waals surface area contributed by atoms with Crippen molar-refractivity contribution in [2.75, 3.05) is 24.7 Å². The molecule has 1 unspecified atom stereocenters. The minimum Gasteiger partial charge on any atom is -0.481 e. The molecule has 8 nitrogen and oxygen atoms in total. The highest BCUT2D eigenvalue weighted by atomic mass is 32.2. The topological polar surface area (TPSA) is 110 Å². The molecule has 0 radical (unpaired) electrons. The maximum absolute atomic E-state index is 12.8. The average molecular weight is 467 g/mol. The summed E-state index contributed by atoms with van der Waals surface area (Å²) >= 11 is 0. The lowest BCUT2D eigenvalue weighted by atomic mass is 10.2. The average Bonchev–Trinajstić information content (AvgIpc) is 2.74. The number of nitrogens with one attached hydrogen (secondary N) is 1. The molecule has 31 heavy (non-hydrogen) atoms. The van der Waals surface area contributed by atoms with Gasteiger partial charge in [-0.3, -0.25) is 4.79 Å². The van der Waals surface area contributed by atoms with Gasteiger partial charge in [0.1, 0.15) is 5.75 Å². The molecular weight excluding hydrogens is 440 g/mol. The highest BCUT2D eigenvalue weighted by molar-refractivity contribution is 7.90. The van der Waals surface area contributed by atoms with Crippen LogP contribution in [0.15, 0.2) is 58.3 Å². The number of sulfone groups is 1. The van der Waals surface area contributed by atoms with Crippen LogP contribution in [-0.2, 0) is 24.7 Å². The largest absolute Gasteiger partial charge is 0.481 e. The molecule has 1 heterocycles. The molecule has 10 heteroatoms. The first-order valence-electron chi connectivity index (χ1n) is 9.95. The van der Waals surface area contributed by atoms with E-state index in [2.05, 4.69) is 5.32 Å². The standard InChI is InChI=1S/C21H26N2O6S2/c1-16(29-18-9-11-19(12-10-18)30(2,25)26)21(24)22-17-7-6-8-20(15-17)31(27,28)23-13-4-3-5-14-23/h6-12,15-16H,3-5,13-14H2,1-2H3,(H,22,24). The van der Waals surface area contributed by atoms with Crippen molar-refractivity contribution in [1.29, 1.82) is 0 Å². The summed E-state index contributed by atoms with van der Waals surface area (Å²) in [5.74, 6) is -0.115. The maximum Gasteiger partial charge on any atom is 0.265 e. The third-order valence-corrected chi connectivity index (χ3v) is 8.01. The fourth-order valence-corrected chi connectivity index (χ4v) is 5.45.